The molecule has 0 saturated heterocycles. The average molecular weight is 397 g/mol. The summed E-state index contributed by atoms with van der Waals surface area (Å²) in [4.78, 5) is 12.1. The van der Waals surface area contributed by atoms with Crippen LogP contribution < -0.4 is 10.0 Å². The molecular formula is C16H17BrN2O3S. The number of aryl methyl sites for hydroxylation is 1. The van der Waals surface area contributed by atoms with Crippen LogP contribution in [0.2, 0.25) is 0 Å². The number of carbonyl (C=O) groups is 1. The van der Waals surface area contributed by atoms with Gasteiger partial charge in [0, 0.05) is 23.1 Å². The molecule has 122 valence electrons. The summed E-state index contributed by atoms with van der Waals surface area (Å²) in [6, 6.07) is 13.9. The Hall–Kier alpha value is -1.70. The molecule has 0 bridgehead atoms. The number of rotatable bonds is 6. The summed E-state index contributed by atoms with van der Waals surface area (Å²) in [5.74, 6) is -0.242. The van der Waals surface area contributed by atoms with E-state index in [2.05, 4.69) is 26.0 Å². The highest BCUT2D eigenvalue weighted by molar-refractivity contribution is 9.10. The van der Waals surface area contributed by atoms with Crippen LogP contribution in [-0.2, 0) is 14.8 Å². The van der Waals surface area contributed by atoms with E-state index in [4.69, 9.17) is 0 Å². The average Bonchev–Trinajstić information content (AvgIpc) is 2.49. The lowest BCUT2D eigenvalue weighted by Crippen LogP contribution is -2.28. The topological polar surface area (TPSA) is 75.3 Å². The van der Waals surface area contributed by atoms with Gasteiger partial charge in [0.2, 0.25) is 15.9 Å². The molecule has 0 spiro atoms. The number of hydrogen-bond donors (Lipinski definition) is 2. The number of amides is 1. The van der Waals surface area contributed by atoms with Crippen molar-refractivity contribution in [3.63, 3.8) is 0 Å². The standard InChI is InChI=1S/C16H17BrN2O3S/c1-12-6-2-4-8-14(12)19-16(20)10-11-18-23(21,22)15-9-5-3-7-13(15)17/h2-9,18H,10-11H2,1H3,(H,19,20). The number of anilines is 1. The number of halogens is 1. The van der Waals surface area contributed by atoms with Crippen LogP contribution in [0.25, 0.3) is 0 Å². The summed E-state index contributed by atoms with van der Waals surface area (Å²) in [5.41, 5.74) is 1.68. The highest BCUT2D eigenvalue weighted by Gasteiger charge is 2.17. The normalized spacial score (nSPS) is 11.2. The zero-order valence-electron chi connectivity index (χ0n) is 12.5. The first-order valence-electron chi connectivity index (χ1n) is 7.00. The molecule has 0 atom stereocenters. The third-order valence-electron chi connectivity index (χ3n) is 3.19. The monoisotopic (exact) mass is 396 g/mol. The minimum atomic E-state index is -3.64. The smallest absolute Gasteiger partial charge is 0.241 e. The second-order valence-corrected chi connectivity index (χ2v) is 7.53. The molecule has 0 fully saturated rings. The van der Waals surface area contributed by atoms with Crippen LogP contribution in [0.4, 0.5) is 5.69 Å². The van der Waals surface area contributed by atoms with Gasteiger partial charge in [-0.2, -0.15) is 0 Å². The van der Waals surface area contributed by atoms with Crippen molar-refractivity contribution in [1.29, 1.82) is 0 Å². The SMILES string of the molecule is Cc1ccccc1NC(=O)CCNS(=O)(=O)c1ccccc1Br. The first-order chi connectivity index (χ1) is 10.9. The van der Waals surface area contributed by atoms with Crippen LogP contribution >= 0.6 is 15.9 Å². The van der Waals surface area contributed by atoms with Gasteiger partial charge in [-0.1, -0.05) is 30.3 Å². The molecule has 5 nitrogen and oxygen atoms in total. The van der Waals surface area contributed by atoms with E-state index < -0.39 is 10.0 Å². The predicted molar refractivity (Wildman–Crippen MR) is 93.8 cm³/mol. The zero-order chi connectivity index (χ0) is 16.9. The van der Waals surface area contributed by atoms with Crippen LogP contribution in [0.3, 0.4) is 0 Å². The molecule has 2 aromatic carbocycles. The lowest BCUT2D eigenvalue weighted by Gasteiger charge is -2.10. The third-order valence-corrected chi connectivity index (χ3v) is 5.66. The molecule has 1 amide bonds. The minimum Gasteiger partial charge on any atom is -0.326 e. The summed E-state index contributed by atoms with van der Waals surface area (Å²) in [6.07, 6.45) is 0.0536. The second-order valence-electron chi connectivity index (χ2n) is 4.94. The first kappa shape index (κ1) is 17.7. The van der Waals surface area contributed by atoms with E-state index in [-0.39, 0.29) is 23.8 Å². The molecule has 2 rings (SSSR count). The van der Waals surface area contributed by atoms with Gasteiger partial charge < -0.3 is 5.32 Å². The van der Waals surface area contributed by atoms with Gasteiger partial charge in [-0.15, -0.1) is 0 Å². The summed E-state index contributed by atoms with van der Waals surface area (Å²) < 4.78 is 27.3. The molecule has 2 aromatic rings. The van der Waals surface area contributed by atoms with Crippen LogP contribution in [0.1, 0.15) is 12.0 Å². The van der Waals surface area contributed by atoms with Gasteiger partial charge in [0.05, 0.1) is 4.90 Å². The molecule has 0 aliphatic rings. The molecule has 7 heteroatoms. The predicted octanol–water partition coefficient (Wildman–Crippen LogP) is 3.06. The maximum absolute atomic E-state index is 12.2. The molecule has 0 saturated carbocycles. The highest BCUT2D eigenvalue weighted by Crippen LogP contribution is 2.20. The lowest BCUT2D eigenvalue weighted by atomic mass is 10.2. The number of nitrogens with one attached hydrogen (secondary N) is 2. The van der Waals surface area contributed by atoms with E-state index in [1.807, 2.05) is 25.1 Å². The van der Waals surface area contributed by atoms with Crippen molar-refractivity contribution in [1.82, 2.24) is 4.72 Å². The van der Waals surface area contributed by atoms with Gasteiger partial charge in [-0.25, -0.2) is 13.1 Å². The fourth-order valence-electron chi connectivity index (χ4n) is 1.97. The van der Waals surface area contributed by atoms with Crippen molar-refractivity contribution >= 4 is 37.5 Å². The lowest BCUT2D eigenvalue weighted by molar-refractivity contribution is -0.116. The first-order valence-corrected chi connectivity index (χ1v) is 9.27. The molecular weight excluding hydrogens is 380 g/mol. The Balaban J connectivity index is 1.91. The van der Waals surface area contributed by atoms with Gasteiger partial charge >= 0.3 is 0 Å². The molecule has 0 radical (unpaired) electrons. The number of carbonyl (C=O) groups excluding carboxylic acids is 1. The summed E-state index contributed by atoms with van der Waals surface area (Å²) in [7, 11) is -3.64. The number of para-hydroxylation sites is 1. The fraction of sp³-hybridized carbons (Fsp3) is 0.188. The summed E-state index contributed by atoms with van der Waals surface area (Å²) in [5, 5.41) is 2.76. The van der Waals surface area contributed by atoms with Gasteiger partial charge in [-0.05, 0) is 46.6 Å². The van der Waals surface area contributed by atoms with Crippen molar-refractivity contribution < 1.29 is 13.2 Å². The second kappa shape index (κ2) is 7.72. The van der Waals surface area contributed by atoms with E-state index in [9.17, 15) is 13.2 Å². The van der Waals surface area contributed by atoms with Gasteiger partial charge in [-0.3, -0.25) is 4.79 Å². The third kappa shape index (κ3) is 4.89. The van der Waals surface area contributed by atoms with E-state index in [1.54, 1.807) is 24.3 Å². The van der Waals surface area contributed by atoms with Crippen molar-refractivity contribution in [2.75, 3.05) is 11.9 Å². The van der Waals surface area contributed by atoms with Gasteiger partial charge in [0.25, 0.3) is 0 Å². The minimum absolute atomic E-state index is 0.0291. The van der Waals surface area contributed by atoms with E-state index in [0.717, 1.165) is 11.3 Å². The van der Waals surface area contributed by atoms with Crippen LogP contribution in [0.15, 0.2) is 57.9 Å². The molecule has 0 heterocycles. The Morgan fingerprint density at radius 3 is 2.43 bits per heavy atom. The van der Waals surface area contributed by atoms with Crippen molar-refractivity contribution in [3.8, 4) is 0 Å². The van der Waals surface area contributed by atoms with E-state index in [0.29, 0.717) is 4.47 Å². The Kier molecular flexibility index (Phi) is 5.92. The fourth-order valence-corrected chi connectivity index (χ4v) is 4.00. The Morgan fingerprint density at radius 1 is 1.09 bits per heavy atom. The van der Waals surface area contributed by atoms with Gasteiger partial charge in [0.15, 0.2) is 0 Å². The zero-order valence-corrected chi connectivity index (χ0v) is 14.9. The number of sulfonamides is 1. The highest BCUT2D eigenvalue weighted by atomic mass is 79.9. The maximum atomic E-state index is 12.2. The van der Waals surface area contributed by atoms with E-state index in [1.165, 1.54) is 6.07 Å². The molecule has 0 aromatic heterocycles. The van der Waals surface area contributed by atoms with Crippen molar-refractivity contribution in [3.05, 3.63) is 58.6 Å². The number of benzene rings is 2. The number of hydrogen-bond acceptors (Lipinski definition) is 3. The Labute approximate surface area is 144 Å². The Bertz CT molecular complexity index is 806. The van der Waals surface area contributed by atoms with Crippen LogP contribution in [-0.4, -0.2) is 20.9 Å². The molecule has 0 unspecified atom stereocenters. The van der Waals surface area contributed by atoms with E-state index >= 15 is 0 Å². The summed E-state index contributed by atoms with van der Waals surface area (Å²) in [6.45, 7) is 1.92. The van der Waals surface area contributed by atoms with Gasteiger partial charge in [0.1, 0.15) is 0 Å². The van der Waals surface area contributed by atoms with Crippen molar-refractivity contribution in [2.24, 2.45) is 0 Å². The quantitative estimate of drug-likeness (QED) is 0.787. The molecule has 0 aliphatic heterocycles. The summed E-state index contributed by atoms with van der Waals surface area (Å²) >= 11 is 3.21. The molecule has 0 aliphatic carbocycles. The molecule has 23 heavy (non-hydrogen) atoms. The molecule has 2 N–H and O–H groups in total. The van der Waals surface area contributed by atoms with Crippen molar-refractivity contribution in [2.45, 2.75) is 18.2 Å². The van der Waals surface area contributed by atoms with Crippen LogP contribution in [0.5, 0.6) is 0 Å². The maximum Gasteiger partial charge on any atom is 0.241 e. The largest absolute Gasteiger partial charge is 0.326 e. The van der Waals surface area contributed by atoms with Crippen LogP contribution in [0, 0.1) is 6.92 Å². The Morgan fingerprint density at radius 2 is 1.74 bits per heavy atom.